The van der Waals surface area contributed by atoms with Gasteiger partial charge in [-0.25, -0.2) is 0 Å². The van der Waals surface area contributed by atoms with Crippen LogP contribution in [0.3, 0.4) is 0 Å². The zero-order valence-electron chi connectivity index (χ0n) is 10.6. The highest BCUT2D eigenvalue weighted by Gasteiger charge is 2.18. The van der Waals surface area contributed by atoms with Gasteiger partial charge in [-0.2, -0.15) is 0 Å². The summed E-state index contributed by atoms with van der Waals surface area (Å²) < 4.78 is 10.7. The Kier molecular flexibility index (Phi) is 8.35. The minimum absolute atomic E-state index is 0.00562. The molecule has 2 rings (SSSR count). The Morgan fingerprint density at radius 2 is 1.69 bits per heavy atom. The summed E-state index contributed by atoms with van der Waals surface area (Å²) in [7, 11) is 0. The normalized spacial score (nSPS) is 16.2. The van der Waals surface area contributed by atoms with E-state index in [0.717, 1.165) is 5.75 Å². The maximum absolute atomic E-state index is 8.81. The number of hydrogen-bond acceptors (Lipinski definition) is 3. The highest BCUT2D eigenvalue weighted by atomic mass is 16.6. The quantitative estimate of drug-likeness (QED) is 0.800. The minimum atomic E-state index is -0.222. The number of para-hydroxylation sites is 2. The van der Waals surface area contributed by atoms with Crippen LogP contribution in [0.15, 0.2) is 24.3 Å². The van der Waals surface area contributed by atoms with Crippen LogP contribution in [-0.2, 0) is 0 Å². The van der Waals surface area contributed by atoms with E-state index in [2.05, 4.69) is 0 Å². The number of hydrogen-bond donors (Lipinski definition) is 1. The molecule has 0 bridgehead atoms. The Hall–Kier alpha value is -1.22. The van der Waals surface area contributed by atoms with Crippen molar-refractivity contribution in [2.75, 3.05) is 13.2 Å². The summed E-state index contributed by atoms with van der Waals surface area (Å²) in [5.41, 5.74) is 0. The van der Waals surface area contributed by atoms with Gasteiger partial charge in [0, 0.05) is 0 Å². The molecule has 92 valence electrons. The molecule has 1 heterocycles. The van der Waals surface area contributed by atoms with Gasteiger partial charge in [0.15, 0.2) is 17.6 Å². The molecule has 3 nitrogen and oxygen atoms in total. The van der Waals surface area contributed by atoms with Gasteiger partial charge in [0.1, 0.15) is 6.61 Å². The van der Waals surface area contributed by atoms with Gasteiger partial charge < -0.3 is 14.6 Å². The predicted molar refractivity (Wildman–Crippen MR) is 66.1 cm³/mol. The van der Waals surface area contributed by atoms with Crippen LogP contribution in [0.2, 0.25) is 0 Å². The molecule has 0 saturated heterocycles. The van der Waals surface area contributed by atoms with Crippen molar-refractivity contribution in [2.45, 2.75) is 33.8 Å². The first-order valence-electron chi connectivity index (χ1n) is 5.89. The first-order valence-corrected chi connectivity index (χ1v) is 5.89. The topological polar surface area (TPSA) is 38.7 Å². The molecular formula is C13H22O3. The van der Waals surface area contributed by atoms with Crippen molar-refractivity contribution >= 4 is 0 Å². The summed E-state index contributed by atoms with van der Waals surface area (Å²) in [4.78, 5) is 0. The number of aliphatic hydroxyl groups is 1. The lowest BCUT2D eigenvalue weighted by atomic mass is 10.3. The Labute approximate surface area is 98.0 Å². The molecule has 0 radical (unpaired) electrons. The van der Waals surface area contributed by atoms with Crippen molar-refractivity contribution in [3.8, 4) is 11.5 Å². The number of ether oxygens (including phenoxy) is 2. The molecule has 0 aliphatic carbocycles. The molecule has 1 aromatic carbocycles. The van der Waals surface area contributed by atoms with Gasteiger partial charge in [-0.3, -0.25) is 0 Å². The second-order valence-corrected chi connectivity index (χ2v) is 2.68. The lowest BCUT2D eigenvalue weighted by Crippen LogP contribution is -2.32. The van der Waals surface area contributed by atoms with Gasteiger partial charge in [-0.15, -0.1) is 0 Å². The average molecular weight is 226 g/mol. The lowest BCUT2D eigenvalue weighted by molar-refractivity contribution is 0.0456. The van der Waals surface area contributed by atoms with Gasteiger partial charge in [-0.1, -0.05) is 39.8 Å². The predicted octanol–water partition coefficient (Wildman–Crippen LogP) is 2.87. The summed E-state index contributed by atoms with van der Waals surface area (Å²) >= 11 is 0. The van der Waals surface area contributed by atoms with Crippen molar-refractivity contribution in [3.63, 3.8) is 0 Å². The number of fused-ring (bicyclic) bond motifs is 1. The first-order chi connectivity index (χ1) is 7.90. The van der Waals surface area contributed by atoms with Gasteiger partial charge in [0.2, 0.25) is 0 Å². The van der Waals surface area contributed by atoms with E-state index < -0.39 is 0 Å². The van der Waals surface area contributed by atoms with E-state index in [9.17, 15) is 0 Å². The number of aliphatic hydroxyl groups excluding tert-OH is 1. The first kappa shape index (κ1) is 14.8. The third-order valence-corrected chi connectivity index (χ3v) is 1.77. The van der Waals surface area contributed by atoms with Crippen molar-refractivity contribution < 1.29 is 14.6 Å². The standard InChI is InChI=1S/C9H10O3.2C2H6/c10-5-7-6-11-8-3-1-2-4-9(8)12-7;2*1-2/h1-4,7,10H,5-6H2;2*1-2H3. The fraction of sp³-hybridized carbons (Fsp3) is 0.538. The van der Waals surface area contributed by atoms with Crippen molar-refractivity contribution in [1.29, 1.82) is 0 Å². The molecule has 0 spiro atoms. The Morgan fingerprint density at radius 3 is 2.25 bits per heavy atom. The van der Waals surface area contributed by atoms with Gasteiger partial charge in [0.05, 0.1) is 6.61 Å². The van der Waals surface area contributed by atoms with Gasteiger partial charge >= 0.3 is 0 Å². The number of rotatable bonds is 1. The molecule has 1 unspecified atom stereocenters. The zero-order valence-corrected chi connectivity index (χ0v) is 10.6. The molecule has 0 saturated carbocycles. The fourth-order valence-electron chi connectivity index (χ4n) is 1.15. The van der Waals surface area contributed by atoms with Crippen LogP contribution in [-0.4, -0.2) is 24.4 Å². The summed E-state index contributed by atoms with van der Waals surface area (Å²) in [5, 5.41) is 8.81. The maximum atomic E-state index is 8.81. The molecule has 1 aromatic rings. The van der Waals surface area contributed by atoms with E-state index in [0.29, 0.717) is 12.4 Å². The lowest BCUT2D eigenvalue weighted by Gasteiger charge is -2.24. The van der Waals surface area contributed by atoms with E-state index in [4.69, 9.17) is 14.6 Å². The summed E-state index contributed by atoms with van der Waals surface area (Å²) in [6, 6.07) is 7.45. The van der Waals surface area contributed by atoms with Crippen molar-refractivity contribution in [2.24, 2.45) is 0 Å². The molecule has 1 aliphatic rings. The van der Waals surface area contributed by atoms with Crippen LogP contribution in [0.4, 0.5) is 0 Å². The zero-order chi connectivity index (χ0) is 12.4. The van der Waals surface area contributed by atoms with Crippen LogP contribution in [0.5, 0.6) is 11.5 Å². The van der Waals surface area contributed by atoms with Crippen molar-refractivity contribution in [1.82, 2.24) is 0 Å². The molecule has 16 heavy (non-hydrogen) atoms. The van der Waals surface area contributed by atoms with Crippen LogP contribution in [0.1, 0.15) is 27.7 Å². The van der Waals surface area contributed by atoms with Crippen LogP contribution >= 0.6 is 0 Å². The van der Waals surface area contributed by atoms with E-state index in [-0.39, 0.29) is 12.7 Å². The van der Waals surface area contributed by atoms with Crippen LogP contribution in [0.25, 0.3) is 0 Å². The van der Waals surface area contributed by atoms with Gasteiger partial charge in [0.25, 0.3) is 0 Å². The third-order valence-electron chi connectivity index (χ3n) is 1.77. The van der Waals surface area contributed by atoms with Crippen LogP contribution < -0.4 is 9.47 Å². The Morgan fingerprint density at radius 1 is 1.12 bits per heavy atom. The van der Waals surface area contributed by atoms with E-state index >= 15 is 0 Å². The van der Waals surface area contributed by atoms with E-state index in [1.54, 1.807) is 0 Å². The highest BCUT2D eigenvalue weighted by Crippen LogP contribution is 2.30. The second-order valence-electron chi connectivity index (χ2n) is 2.68. The van der Waals surface area contributed by atoms with E-state index in [1.165, 1.54) is 0 Å². The molecule has 0 fully saturated rings. The molecule has 1 atom stereocenters. The SMILES string of the molecule is CC.CC.OCC1COc2ccccc2O1. The molecule has 0 amide bonds. The second kappa shape index (κ2) is 9.04. The highest BCUT2D eigenvalue weighted by molar-refractivity contribution is 5.40. The maximum Gasteiger partial charge on any atom is 0.161 e. The number of benzene rings is 1. The summed E-state index contributed by atoms with van der Waals surface area (Å²) in [6.45, 7) is 8.42. The smallest absolute Gasteiger partial charge is 0.161 e. The average Bonchev–Trinajstić information content (AvgIpc) is 2.42. The van der Waals surface area contributed by atoms with E-state index in [1.807, 2.05) is 52.0 Å². The Balaban J connectivity index is 0.000000509. The monoisotopic (exact) mass is 226 g/mol. The fourth-order valence-corrected chi connectivity index (χ4v) is 1.15. The third kappa shape index (κ3) is 4.11. The summed E-state index contributed by atoms with van der Waals surface area (Å²) in [5.74, 6) is 1.46. The molecule has 0 aromatic heterocycles. The summed E-state index contributed by atoms with van der Waals surface area (Å²) in [6.07, 6.45) is -0.222. The minimum Gasteiger partial charge on any atom is -0.486 e. The molecule has 1 N–H and O–H groups in total. The molecule has 3 heteroatoms. The van der Waals surface area contributed by atoms with Crippen LogP contribution in [0, 0.1) is 0 Å². The molecular weight excluding hydrogens is 204 g/mol. The largest absolute Gasteiger partial charge is 0.486 e. The molecule has 1 aliphatic heterocycles. The van der Waals surface area contributed by atoms with Gasteiger partial charge in [-0.05, 0) is 12.1 Å². The Bertz CT molecular complexity index is 274. The van der Waals surface area contributed by atoms with Crippen molar-refractivity contribution in [3.05, 3.63) is 24.3 Å².